The molecule has 2 nitrogen and oxygen atoms in total. The first kappa shape index (κ1) is 11.6. The van der Waals surface area contributed by atoms with Crippen molar-refractivity contribution < 1.29 is 14.3 Å². The van der Waals surface area contributed by atoms with E-state index in [-0.39, 0.29) is 5.76 Å². The predicted octanol–water partition coefficient (Wildman–Crippen LogP) is 2.49. The van der Waals surface area contributed by atoms with Crippen LogP contribution in [0.3, 0.4) is 0 Å². The van der Waals surface area contributed by atoms with Crippen molar-refractivity contribution >= 4 is 6.29 Å². The third-order valence-corrected chi connectivity index (χ3v) is 1.34. The third kappa shape index (κ3) is 7.00. The smallest absolute Gasteiger partial charge is 0.146 e. The van der Waals surface area contributed by atoms with Gasteiger partial charge in [0.25, 0.3) is 0 Å². The van der Waals surface area contributed by atoms with E-state index in [9.17, 15) is 9.18 Å². The monoisotopic (exact) mass is 184 g/mol. The second kappa shape index (κ2) is 7.28. The maximum Gasteiger partial charge on any atom is 0.146 e. The van der Waals surface area contributed by atoms with Crippen LogP contribution < -0.4 is 0 Å². The van der Waals surface area contributed by atoms with Crippen molar-refractivity contribution in [2.24, 2.45) is 0 Å². The van der Waals surface area contributed by atoms with Crippen molar-refractivity contribution in [3.05, 3.63) is 36.1 Å². The molecule has 0 rings (SSSR count). The third-order valence-electron chi connectivity index (χ3n) is 1.34. The number of halogens is 1. The first-order valence-electron chi connectivity index (χ1n) is 3.94. The first-order valence-corrected chi connectivity index (χ1v) is 3.94. The lowest BCUT2D eigenvalue weighted by Crippen LogP contribution is -1.81. The molecule has 0 aliphatic heterocycles. The lowest BCUT2D eigenvalue weighted by molar-refractivity contribution is -0.107. The van der Waals surface area contributed by atoms with Crippen LogP contribution in [-0.4, -0.2) is 18.1 Å². The number of aliphatic hydroxyl groups excluding tert-OH is 1. The Bertz CT molecular complexity index is 229. The number of carbonyl (C=O) groups excluding carboxylic acids is 1. The van der Waals surface area contributed by atoms with Crippen LogP contribution in [0.5, 0.6) is 0 Å². The zero-order chi connectivity index (χ0) is 10.1. The molecular weight excluding hydrogens is 171 g/mol. The fourth-order valence-corrected chi connectivity index (χ4v) is 0.667. The van der Waals surface area contributed by atoms with Gasteiger partial charge in [0, 0.05) is 6.42 Å². The van der Waals surface area contributed by atoms with Crippen LogP contribution in [-0.2, 0) is 4.79 Å². The highest BCUT2D eigenvalue weighted by atomic mass is 19.1. The molecule has 0 aliphatic carbocycles. The van der Waals surface area contributed by atoms with Crippen molar-refractivity contribution in [2.75, 3.05) is 6.67 Å². The zero-order valence-corrected chi connectivity index (χ0v) is 7.37. The van der Waals surface area contributed by atoms with Gasteiger partial charge in [-0.3, -0.25) is 0 Å². The van der Waals surface area contributed by atoms with Crippen LogP contribution in [0.1, 0.15) is 12.8 Å². The summed E-state index contributed by atoms with van der Waals surface area (Å²) in [5, 5.41) is 8.70. The molecule has 0 fully saturated rings. The molecule has 0 aromatic heterocycles. The van der Waals surface area contributed by atoms with Crippen LogP contribution in [0.4, 0.5) is 4.39 Å². The lowest BCUT2D eigenvalue weighted by Gasteiger charge is -1.92. The van der Waals surface area contributed by atoms with Crippen LogP contribution >= 0.6 is 0 Å². The van der Waals surface area contributed by atoms with Crippen LogP contribution in [0.15, 0.2) is 36.1 Å². The summed E-state index contributed by atoms with van der Waals surface area (Å²) < 4.78 is 11.7. The minimum absolute atomic E-state index is 0.320. The van der Waals surface area contributed by atoms with Gasteiger partial charge in [-0.15, -0.1) is 0 Å². The fourth-order valence-electron chi connectivity index (χ4n) is 0.667. The molecule has 0 spiro atoms. The number of rotatable bonds is 6. The van der Waals surface area contributed by atoms with E-state index in [2.05, 4.69) is 6.58 Å². The molecule has 1 N–H and O–H groups in total. The van der Waals surface area contributed by atoms with Crippen molar-refractivity contribution in [3.8, 4) is 0 Å². The number of hydrogen-bond donors (Lipinski definition) is 1. The summed E-state index contributed by atoms with van der Waals surface area (Å²) in [5.41, 5.74) is 0.773. The maximum atomic E-state index is 11.7. The molecule has 0 bridgehead atoms. The largest absolute Gasteiger partial charge is 0.510 e. The van der Waals surface area contributed by atoms with Crippen LogP contribution in [0.2, 0.25) is 0 Å². The topological polar surface area (TPSA) is 37.3 Å². The SMILES string of the molecule is C=C(/C=C\C=C(\O)CF)CCC=O. The Hall–Kier alpha value is -1.38. The standard InChI is InChI=1S/C10H13FO2/c1-9(5-3-7-12)4-2-6-10(13)8-11/h2,4,6-7,13H,1,3,5,8H2/b4-2-,10-6+. The molecule has 13 heavy (non-hydrogen) atoms. The van der Waals surface area contributed by atoms with E-state index in [0.29, 0.717) is 12.8 Å². The highest BCUT2D eigenvalue weighted by Crippen LogP contribution is 2.02. The molecule has 72 valence electrons. The van der Waals surface area contributed by atoms with E-state index in [1.807, 2.05) is 0 Å². The minimum atomic E-state index is -0.870. The molecule has 0 heterocycles. The summed E-state index contributed by atoms with van der Waals surface area (Å²) in [7, 11) is 0. The van der Waals surface area contributed by atoms with Gasteiger partial charge in [0.1, 0.15) is 18.7 Å². The number of allylic oxidation sites excluding steroid dienone is 5. The second-order valence-electron chi connectivity index (χ2n) is 2.51. The van der Waals surface area contributed by atoms with Crippen molar-refractivity contribution in [3.63, 3.8) is 0 Å². The Balaban J connectivity index is 3.83. The lowest BCUT2D eigenvalue weighted by atomic mass is 10.1. The number of aliphatic hydroxyl groups is 1. The average molecular weight is 184 g/mol. The van der Waals surface area contributed by atoms with E-state index in [0.717, 1.165) is 11.9 Å². The van der Waals surface area contributed by atoms with Crippen molar-refractivity contribution in [1.82, 2.24) is 0 Å². The number of carbonyl (C=O) groups is 1. The van der Waals surface area contributed by atoms with E-state index in [1.54, 1.807) is 6.08 Å². The van der Waals surface area contributed by atoms with Crippen molar-refractivity contribution in [2.45, 2.75) is 12.8 Å². The fraction of sp³-hybridized carbons (Fsp3) is 0.300. The van der Waals surface area contributed by atoms with Crippen LogP contribution in [0, 0.1) is 0 Å². The highest BCUT2D eigenvalue weighted by Gasteiger charge is 1.88. The van der Waals surface area contributed by atoms with Gasteiger partial charge in [-0.05, 0) is 12.5 Å². The summed E-state index contributed by atoms with van der Waals surface area (Å²) in [4.78, 5) is 9.97. The summed E-state index contributed by atoms with van der Waals surface area (Å²) in [6.45, 7) is 2.79. The Labute approximate surface area is 77.1 Å². The molecule has 0 unspecified atom stereocenters. The Morgan fingerprint density at radius 2 is 2.23 bits per heavy atom. The van der Waals surface area contributed by atoms with Gasteiger partial charge < -0.3 is 9.90 Å². The van der Waals surface area contributed by atoms with E-state index in [4.69, 9.17) is 5.11 Å². The van der Waals surface area contributed by atoms with Gasteiger partial charge in [-0.2, -0.15) is 0 Å². The van der Waals surface area contributed by atoms with Gasteiger partial charge in [-0.25, -0.2) is 4.39 Å². The molecule has 0 saturated carbocycles. The Morgan fingerprint density at radius 1 is 1.54 bits per heavy atom. The molecular formula is C10H13FO2. The van der Waals surface area contributed by atoms with Gasteiger partial charge in [0.05, 0.1) is 0 Å². The summed E-state index contributed by atoms with van der Waals surface area (Å²) in [6, 6.07) is 0. The Morgan fingerprint density at radius 3 is 2.77 bits per heavy atom. The number of hydrogen-bond acceptors (Lipinski definition) is 2. The number of aldehydes is 1. The molecule has 0 aromatic carbocycles. The maximum absolute atomic E-state index is 11.7. The molecule has 0 saturated heterocycles. The molecule has 3 heteroatoms. The summed E-state index contributed by atoms with van der Waals surface area (Å²) in [5.74, 6) is -0.320. The highest BCUT2D eigenvalue weighted by molar-refractivity contribution is 5.50. The average Bonchev–Trinajstić information content (AvgIpc) is 2.14. The van der Waals surface area contributed by atoms with E-state index in [1.165, 1.54) is 12.2 Å². The summed E-state index contributed by atoms with van der Waals surface area (Å²) >= 11 is 0. The van der Waals surface area contributed by atoms with Gasteiger partial charge >= 0.3 is 0 Å². The van der Waals surface area contributed by atoms with Gasteiger partial charge in [-0.1, -0.05) is 24.3 Å². The van der Waals surface area contributed by atoms with Crippen LogP contribution in [0.25, 0.3) is 0 Å². The van der Waals surface area contributed by atoms with Crippen molar-refractivity contribution in [1.29, 1.82) is 0 Å². The van der Waals surface area contributed by atoms with Gasteiger partial charge in [0.2, 0.25) is 0 Å². The molecule has 0 amide bonds. The Kier molecular flexibility index (Phi) is 6.51. The molecule has 0 radical (unpaired) electrons. The quantitative estimate of drug-likeness (QED) is 0.391. The summed E-state index contributed by atoms with van der Waals surface area (Å²) in [6.07, 6.45) is 6.23. The molecule has 0 aliphatic rings. The predicted molar refractivity (Wildman–Crippen MR) is 50.3 cm³/mol. The molecule has 0 aromatic rings. The number of alkyl halides is 1. The normalized spacial score (nSPS) is 11.9. The minimum Gasteiger partial charge on any atom is -0.510 e. The zero-order valence-electron chi connectivity index (χ0n) is 7.37. The van der Waals surface area contributed by atoms with E-state index >= 15 is 0 Å². The molecule has 0 atom stereocenters. The second-order valence-corrected chi connectivity index (χ2v) is 2.51. The first-order chi connectivity index (χ1) is 6.20. The van der Waals surface area contributed by atoms with Gasteiger partial charge in [0.15, 0.2) is 0 Å². The van der Waals surface area contributed by atoms with E-state index < -0.39 is 6.67 Å².